The number of nitrogens with zero attached hydrogens (tertiary/aromatic N) is 1. The summed E-state index contributed by atoms with van der Waals surface area (Å²) in [4.78, 5) is 26.7. The van der Waals surface area contributed by atoms with Crippen molar-refractivity contribution in [3.63, 3.8) is 0 Å². The Morgan fingerprint density at radius 2 is 1.75 bits per heavy atom. The molecule has 0 radical (unpaired) electrons. The number of nitrogens with one attached hydrogen (secondary N) is 1. The van der Waals surface area contributed by atoms with Gasteiger partial charge in [-0.3, -0.25) is 9.59 Å². The van der Waals surface area contributed by atoms with Crippen LogP contribution in [0.2, 0.25) is 10.0 Å². The molecule has 0 aromatic heterocycles. The lowest BCUT2D eigenvalue weighted by molar-refractivity contribution is -0.116. The maximum absolute atomic E-state index is 12.8. The molecule has 3 aromatic rings. The van der Waals surface area contributed by atoms with Gasteiger partial charge in [0.15, 0.2) is 0 Å². The quantitative estimate of drug-likeness (QED) is 0.386. The average molecular weight is 471 g/mol. The summed E-state index contributed by atoms with van der Waals surface area (Å²) < 4.78 is 5.60. The molecule has 32 heavy (non-hydrogen) atoms. The fourth-order valence-corrected chi connectivity index (χ4v) is 3.57. The van der Waals surface area contributed by atoms with Gasteiger partial charge in [0.25, 0.3) is 5.91 Å². The largest absolute Gasteiger partial charge is 0.492 e. The number of hydrogen-bond donors (Lipinski definition) is 1. The number of amides is 2. The Morgan fingerprint density at radius 3 is 2.50 bits per heavy atom. The zero-order valence-electron chi connectivity index (χ0n) is 17.7. The third-order valence-corrected chi connectivity index (χ3v) is 5.23. The van der Waals surface area contributed by atoms with Crippen LogP contribution in [0, 0.1) is 0 Å². The molecule has 0 heterocycles. The summed E-state index contributed by atoms with van der Waals surface area (Å²) in [5.74, 6) is 0.263. The summed E-state index contributed by atoms with van der Waals surface area (Å²) in [5.41, 5.74) is 2.15. The highest BCUT2D eigenvalue weighted by atomic mass is 35.5. The third-order valence-electron chi connectivity index (χ3n) is 4.70. The van der Waals surface area contributed by atoms with Gasteiger partial charge in [0.1, 0.15) is 5.75 Å². The van der Waals surface area contributed by atoms with E-state index in [1.807, 2.05) is 30.3 Å². The molecular weight excluding hydrogens is 447 g/mol. The van der Waals surface area contributed by atoms with Crippen molar-refractivity contribution in [3.8, 4) is 5.75 Å². The van der Waals surface area contributed by atoms with Crippen LogP contribution < -0.4 is 10.1 Å². The highest BCUT2D eigenvalue weighted by molar-refractivity contribution is 6.35. The first-order valence-corrected chi connectivity index (χ1v) is 10.9. The molecule has 0 fully saturated rings. The molecule has 0 saturated carbocycles. The van der Waals surface area contributed by atoms with Crippen molar-refractivity contribution in [2.75, 3.05) is 19.0 Å². The molecule has 1 N–H and O–H groups in total. The fraction of sp³-hybridized carbons (Fsp3) is 0.200. The third kappa shape index (κ3) is 7.01. The SMILES string of the molecule is CN(Cc1ccccc1)C(=O)c1cccc(NC(=O)CCCOc2ccc(Cl)cc2Cl)c1. The van der Waals surface area contributed by atoms with Gasteiger partial charge in [0, 0.05) is 36.3 Å². The maximum atomic E-state index is 12.8. The minimum Gasteiger partial charge on any atom is -0.492 e. The predicted octanol–water partition coefficient (Wildman–Crippen LogP) is 6.06. The second-order valence-corrected chi connectivity index (χ2v) is 8.15. The lowest BCUT2D eigenvalue weighted by Crippen LogP contribution is -2.26. The molecule has 5 nitrogen and oxygen atoms in total. The van der Waals surface area contributed by atoms with E-state index in [2.05, 4.69) is 5.32 Å². The standard InChI is InChI=1S/C25H24Cl2N2O3/c1-29(17-18-7-3-2-4-8-18)25(31)19-9-5-10-21(15-19)28-24(30)11-6-14-32-23-13-12-20(26)16-22(23)27/h2-5,7-10,12-13,15-16H,6,11,14,17H2,1H3,(H,28,30). The summed E-state index contributed by atoms with van der Waals surface area (Å²) in [6.45, 7) is 0.853. The number of ether oxygens (including phenoxy) is 1. The molecule has 0 aliphatic rings. The molecule has 0 unspecified atom stereocenters. The van der Waals surface area contributed by atoms with Crippen molar-refractivity contribution in [3.05, 3.63) is 94.0 Å². The molecule has 166 valence electrons. The van der Waals surface area contributed by atoms with Gasteiger partial charge < -0.3 is 15.0 Å². The lowest BCUT2D eigenvalue weighted by Gasteiger charge is -2.18. The second kappa shape index (κ2) is 11.6. The summed E-state index contributed by atoms with van der Waals surface area (Å²) in [6.07, 6.45) is 0.792. The molecule has 0 bridgehead atoms. The predicted molar refractivity (Wildman–Crippen MR) is 129 cm³/mol. The van der Waals surface area contributed by atoms with Crippen LogP contribution in [0.1, 0.15) is 28.8 Å². The number of anilines is 1. The van der Waals surface area contributed by atoms with Gasteiger partial charge in [-0.25, -0.2) is 0 Å². The van der Waals surface area contributed by atoms with Crippen LogP contribution in [0.5, 0.6) is 5.75 Å². The first kappa shape index (κ1) is 23.6. The van der Waals surface area contributed by atoms with E-state index in [1.54, 1.807) is 54.4 Å². The summed E-state index contributed by atoms with van der Waals surface area (Å²) in [5, 5.41) is 3.80. The van der Waals surface area contributed by atoms with Gasteiger partial charge in [0.2, 0.25) is 5.91 Å². The average Bonchev–Trinajstić information content (AvgIpc) is 2.78. The van der Waals surface area contributed by atoms with Gasteiger partial charge in [-0.15, -0.1) is 0 Å². The molecule has 2 amide bonds. The van der Waals surface area contributed by atoms with Crippen molar-refractivity contribution < 1.29 is 14.3 Å². The van der Waals surface area contributed by atoms with Crippen LogP contribution in [0.3, 0.4) is 0 Å². The monoisotopic (exact) mass is 470 g/mol. The second-order valence-electron chi connectivity index (χ2n) is 7.30. The van der Waals surface area contributed by atoms with E-state index in [9.17, 15) is 9.59 Å². The van der Waals surface area contributed by atoms with Crippen LogP contribution in [-0.4, -0.2) is 30.4 Å². The highest BCUT2D eigenvalue weighted by Gasteiger charge is 2.13. The first-order valence-electron chi connectivity index (χ1n) is 10.2. The summed E-state index contributed by atoms with van der Waals surface area (Å²) >= 11 is 11.9. The summed E-state index contributed by atoms with van der Waals surface area (Å²) in [7, 11) is 1.76. The summed E-state index contributed by atoms with van der Waals surface area (Å²) in [6, 6.07) is 21.7. The van der Waals surface area contributed by atoms with E-state index in [1.165, 1.54) is 0 Å². The molecule has 0 aliphatic heterocycles. The number of carbonyl (C=O) groups is 2. The zero-order valence-corrected chi connectivity index (χ0v) is 19.2. The number of halogens is 2. The molecule has 3 aromatic carbocycles. The van der Waals surface area contributed by atoms with E-state index >= 15 is 0 Å². The van der Waals surface area contributed by atoms with Gasteiger partial charge in [-0.2, -0.15) is 0 Å². The van der Waals surface area contributed by atoms with E-state index in [0.29, 0.717) is 46.6 Å². The van der Waals surface area contributed by atoms with Crippen molar-refractivity contribution in [2.45, 2.75) is 19.4 Å². The van der Waals surface area contributed by atoms with Gasteiger partial charge in [-0.05, 0) is 48.4 Å². The Balaban J connectivity index is 1.48. The number of benzene rings is 3. The minimum atomic E-state index is -0.155. The van der Waals surface area contributed by atoms with E-state index in [0.717, 1.165) is 5.56 Å². The van der Waals surface area contributed by atoms with Crippen molar-refractivity contribution in [1.29, 1.82) is 0 Å². The van der Waals surface area contributed by atoms with Gasteiger partial charge in [0.05, 0.1) is 11.6 Å². The van der Waals surface area contributed by atoms with Crippen LogP contribution in [0.15, 0.2) is 72.8 Å². The normalized spacial score (nSPS) is 10.5. The maximum Gasteiger partial charge on any atom is 0.253 e. The number of rotatable bonds is 9. The minimum absolute atomic E-state index is 0.113. The van der Waals surface area contributed by atoms with Crippen LogP contribution >= 0.6 is 23.2 Å². The van der Waals surface area contributed by atoms with Crippen LogP contribution in [-0.2, 0) is 11.3 Å². The van der Waals surface area contributed by atoms with Crippen LogP contribution in [0.4, 0.5) is 5.69 Å². The topological polar surface area (TPSA) is 58.6 Å². The van der Waals surface area contributed by atoms with Gasteiger partial charge >= 0.3 is 0 Å². The smallest absolute Gasteiger partial charge is 0.253 e. The molecule has 0 atom stereocenters. The molecule has 7 heteroatoms. The number of hydrogen-bond acceptors (Lipinski definition) is 3. The Bertz CT molecular complexity index is 1070. The molecule has 3 rings (SSSR count). The molecule has 0 saturated heterocycles. The lowest BCUT2D eigenvalue weighted by atomic mass is 10.1. The van der Waals surface area contributed by atoms with Crippen molar-refractivity contribution in [1.82, 2.24) is 4.90 Å². The Morgan fingerprint density at radius 1 is 0.969 bits per heavy atom. The van der Waals surface area contributed by atoms with Crippen molar-refractivity contribution >= 4 is 40.7 Å². The van der Waals surface area contributed by atoms with E-state index < -0.39 is 0 Å². The van der Waals surface area contributed by atoms with Gasteiger partial charge in [-0.1, -0.05) is 59.6 Å². The number of carbonyl (C=O) groups excluding carboxylic acids is 2. The Labute approximate surface area is 197 Å². The van der Waals surface area contributed by atoms with Crippen LogP contribution in [0.25, 0.3) is 0 Å². The molecular formula is C25H24Cl2N2O3. The first-order chi connectivity index (χ1) is 15.4. The molecule has 0 spiro atoms. The van der Waals surface area contributed by atoms with E-state index in [4.69, 9.17) is 27.9 Å². The molecule has 0 aliphatic carbocycles. The van der Waals surface area contributed by atoms with E-state index in [-0.39, 0.29) is 18.2 Å². The van der Waals surface area contributed by atoms with Crippen molar-refractivity contribution in [2.24, 2.45) is 0 Å². The Kier molecular flexibility index (Phi) is 8.54. The fourth-order valence-electron chi connectivity index (χ4n) is 3.11. The highest BCUT2D eigenvalue weighted by Crippen LogP contribution is 2.27. The zero-order chi connectivity index (χ0) is 22.9. The Hall–Kier alpha value is -3.02.